The number of fused-ring (bicyclic) bond motifs is 1. The summed E-state index contributed by atoms with van der Waals surface area (Å²) in [5.74, 6) is -0.425. The molecule has 0 bridgehead atoms. The Hall–Kier alpha value is -0.640. The Kier molecular flexibility index (Phi) is 2.91. The quantitative estimate of drug-likeness (QED) is 0.429. The summed E-state index contributed by atoms with van der Waals surface area (Å²) in [5, 5.41) is 0. The molecule has 1 aliphatic heterocycles. The van der Waals surface area contributed by atoms with Crippen molar-refractivity contribution in [3.05, 3.63) is 35.4 Å². The van der Waals surface area contributed by atoms with Gasteiger partial charge in [-0.25, -0.2) is 0 Å². The molecule has 62 valence electrons. The van der Waals surface area contributed by atoms with Crippen molar-refractivity contribution in [3.63, 3.8) is 0 Å². The van der Waals surface area contributed by atoms with Gasteiger partial charge in [-0.2, -0.15) is 0 Å². The molecule has 0 aliphatic carbocycles. The van der Waals surface area contributed by atoms with Gasteiger partial charge in [0.25, 0.3) is 11.8 Å². The van der Waals surface area contributed by atoms with Gasteiger partial charge in [0.1, 0.15) is 0 Å². The first-order chi connectivity index (χ1) is 5.72. The first kappa shape index (κ1) is 10.4. The molecule has 0 atom stereocenters. The zero-order chi connectivity index (χ0) is 8.72. The predicted molar refractivity (Wildman–Crippen MR) is 50.0 cm³/mol. The van der Waals surface area contributed by atoms with E-state index in [0.717, 1.165) is 4.90 Å². The van der Waals surface area contributed by atoms with Gasteiger partial charge in [0.2, 0.25) is 0 Å². The molecule has 4 heteroatoms. The molecule has 0 saturated carbocycles. The summed E-state index contributed by atoms with van der Waals surface area (Å²) < 4.78 is 0. The van der Waals surface area contributed by atoms with E-state index in [1.165, 1.54) is 7.05 Å². The Morgan fingerprint density at radius 2 is 1.38 bits per heavy atom. The van der Waals surface area contributed by atoms with Crippen LogP contribution in [0.5, 0.6) is 0 Å². The van der Waals surface area contributed by atoms with Crippen LogP contribution < -0.4 is 0 Å². The van der Waals surface area contributed by atoms with Crippen LogP contribution in [0.2, 0.25) is 0 Å². The summed E-state index contributed by atoms with van der Waals surface area (Å²) in [6.45, 7) is 0. The summed E-state index contributed by atoms with van der Waals surface area (Å²) in [5.41, 5.74) is 1.01. The molecule has 0 radical (unpaired) electrons. The number of carbonyl (C=O) groups is 2. The van der Waals surface area contributed by atoms with Crippen molar-refractivity contribution in [1.29, 1.82) is 0 Å². The Labute approximate surface area is 98.0 Å². The molecule has 13 heavy (non-hydrogen) atoms. The first-order valence-corrected chi connectivity index (χ1v) is 3.63. The molecule has 0 unspecified atom stereocenters. The van der Waals surface area contributed by atoms with Crippen LogP contribution >= 0.6 is 0 Å². The molecule has 2 rings (SSSR count). The van der Waals surface area contributed by atoms with Crippen LogP contribution in [0, 0.1) is 0 Å². The van der Waals surface area contributed by atoms with E-state index in [0.29, 0.717) is 11.1 Å². The second-order valence-electron chi connectivity index (χ2n) is 2.71. The van der Waals surface area contributed by atoms with Gasteiger partial charge in [-0.1, -0.05) is 12.1 Å². The third kappa shape index (κ3) is 1.43. The van der Waals surface area contributed by atoms with Crippen LogP contribution in [0.4, 0.5) is 0 Å². The number of rotatable bonds is 0. The van der Waals surface area contributed by atoms with E-state index in [4.69, 9.17) is 0 Å². The van der Waals surface area contributed by atoms with Crippen molar-refractivity contribution < 1.29 is 9.59 Å². The number of nitrogens with zero attached hydrogens (tertiary/aromatic N) is 1. The Bertz CT molecular complexity index is 341. The van der Waals surface area contributed by atoms with Gasteiger partial charge >= 0.3 is 29.6 Å². The average molecular weight is 185 g/mol. The molecule has 1 aliphatic rings. The van der Waals surface area contributed by atoms with Crippen LogP contribution in [0.15, 0.2) is 24.3 Å². The molecule has 0 aromatic heterocycles. The number of hydrogen-bond donors (Lipinski definition) is 0. The van der Waals surface area contributed by atoms with Crippen molar-refractivity contribution in [2.45, 2.75) is 0 Å². The van der Waals surface area contributed by atoms with Gasteiger partial charge in [-0.3, -0.25) is 14.5 Å². The summed E-state index contributed by atoms with van der Waals surface area (Å²) >= 11 is 0. The van der Waals surface area contributed by atoms with E-state index in [-0.39, 0.29) is 41.4 Å². The van der Waals surface area contributed by atoms with E-state index < -0.39 is 0 Å². The normalized spacial score (nSPS) is 14.1. The number of carbonyl (C=O) groups excluding carboxylic acids is 2. The molecule has 0 N–H and O–H groups in total. The van der Waals surface area contributed by atoms with Gasteiger partial charge in [0, 0.05) is 7.05 Å². The summed E-state index contributed by atoms with van der Waals surface area (Å²) in [4.78, 5) is 23.8. The fourth-order valence-corrected chi connectivity index (χ4v) is 1.31. The molecule has 0 fully saturated rings. The molecule has 2 amide bonds. The monoisotopic (exact) mass is 185 g/mol. The van der Waals surface area contributed by atoms with Crippen LogP contribution in [0.1, 0.15) is 20.7 Å². The summed E-state index contributed by atoms with van der Waals surface area (Å²) in [7, 11) is 1.49. The Morgan fingerprint density at radius 1 is 1.00 bits per heavy atom. The van der Waals surface area contributed by atoms with E-state index in [1.807, 2.05) is 0 Å². The molecule has 1 aromatic carbocycles. The topological polar surface area (TPSA) is 37.4 Å². The van der Waals surface area contributed by atoms with E-state index in [1.54, 1.807) is 24.3 Å². The van der Waals surface area contributed by atoms with Crippen molar-refractivity contribution >= 4 is 41.4 Å². The molecular weight excluding hydrogens is 177 g/mol. The Balaban J connectivity index is 0.000000845. The first-order valence-electron chi connectivity index (χ1n) is 3.63. The molecule has 1 aromatic rings. The second kappa shape index (κ2) is 3.62. The van der Waals surface area contributed by atoms with Gasteiger partial charge in [0.05, 0.1) is 11.1 Å². The zero-order valence-corrected chi connectivity index (χ0v) is 6.57. The maximum atomic E-state index is 11.3. The molecule has 1 heterocycles. The molecule has 3 nitrogen and oxygen atoms in total. The number of benzene rings is 1. The average Bonchev–Trinajstić information content (AvgIpc) is 2.33. The third-order valence-electron chi connectivity index (χ3n) is 2.00. The predicted octanol–water partition coefficient (Wildman–Crippen LogP) is 0.264. The fourth-order valence-electron chi connectivity index (χ4n) is 1.31. The SMILES string of the molecule is CN1C(=O)c2ccccc2C1=O.[NaH]. The number of hydrogen-bond acceptors (Lipinski definition) is 2. The van der Waals surface area contributed by atoms with Crippen molar-refractivity contribution in [1.82, 2.24) is 4.90 Å². The van der Waals surface area contributed by atoms with E-state index >= 15 is 0 Å². The van der Waals surface area contributed by atoms with E-state index in [9.17, 15) is 9.59 Å². The third-order valence-corrected chi connectivity index (χ3v) is 2.00. The van der Waals surface area contributed by atoms with Crippen LogP contribution in [0.25, 0.3) is 0 Å². The van der Waals surface area contributed by atoms with Crippen LogP contribution in [0.3, 0.4) is 0 Å². The van der Waals surface area contributed by atoms with Crippen molar-refractivity contribution in [2.24, 2.45) is 0 Å². The number of amides is 2. The van der Waals surface area contributed by atoms with Crippen LogP contribution in [-0.4, -0.2) is 53.3 Å². The standard InChI is InChI=1S/C9H7NO2.Na.H/c1-10-8(11)6-4-2-3-5-7(6)9(10)12;;/h2-5H,1H3;;. The minimum atomic E-state index is -0.212. The summed E-state index contributed by atoms with van der Waals surface area (Å²) in [6, 6.07) is 6.84. The van der Waals surface area contributed by atoms with Gasteiger partial charge in [0.15, 0.2) is 0 Å². The van der Waals surface area contributed by atoms with Crippen molar-refractivity contribution in [3.8, 4) is 0 Å². The van der Waals surface area contributed by atoms with Gasteiger partial charge < -0.3 is 0 Å². The fraction of sp³-hybridized carbons (Fsp3) is 0.111. The summed E-state index contributed by atoms with van der Waals surface area (Å²) in [6.07, 6.45) is 0. The maximum absolute atomic E-state index is 11.3. The van der Waals surface area contributed by atoms with E-state index in [2.05, 4.69) is 0 Å². The Morgan fingerprint density at radius 3 is 1.77 bits per heavy atom. The minimum absolute atomic E-state index is 0. The second-order valence-corrected chi connectivity index (χ2v) is 2.71. The molecular formula is C9H8NNaO2. The molecule has 0 saturated heterocycles. The number of imide groups is 1. The van der Waals surface area contributed by atoms with Crippen molar-refractivity contribution in [2.75, 3.05) is 7.05 Å². The van der Waals surface area contributed by atoms with Gasteiger partial charge in [-0.05, 0) is 12.1 Å². The van der Waals surface area contributed by atoms with Crippen LogP contribution in [-0.2, 0) is 0 Å². The zero-order valence-electron chi connectivity index (χ0n) is 6.57. The molecule has 0 spiro atoms. The van der Waals surface area contributed by atoms with Gasteiger partial charge in [-0.15, -0.1) is 0 Å².